The molecule has 0 aliphatic rings. The van der Waals surface area contributed by atoms with Crippen molar-refractivity contribution in [3.63, 3.8) is 0 Å². The first kappa shape index (κ1) is 15.3. The fraction of sp³-hybridized carbons (Fsp3) is 0.143. The van der Waals surface area contributed by atoms with Gasteiger partial charge in [0.15, 0.2) is 5.75 Å². The van der Waals surface area contributed by atoms with Crippen LogP contribution in [0.4, 0.5) is 5.69 Å². The summed E-state index contributed by atoms with van der Waals surface area (Å²) in [6.07, 6.45) is 0. The molecule has 82 valence electrons. The monoisotopic (exact) mass is 255 g/mol. The zero-order valence-corrected chi connectivity index (χ0v) is 11.3. The first-order valence-corrected chi connectivity index (χ1v) is 5.09. The van der Waals surface area contributed by atoms with Gasteiger partial charge in [0, 0.05) is 0 Å². The smallest absolute Gasteiger partial charge is 0.744 e. The second-order valence-corrected chi connectivity index (χ2v) is 4.11. The third kappa shape index (κ3) is 2.92. The van der Waals surface area contributed by atoms with E-state index in [0.717, 1.165) is 12.1 Å². The second kappa shape index (κ2) is 5.11. The minimum absolute atomic E-state index is 0. The maximum Gasteiger partial charge on any atom is 1.00 e. The first-order chi connectivity index (χ1) is 6.75. The van der Waals surface area contributed by atoms with Gasteiger partial charge in [-0.15, -0.1) is 0 Å². The topological polar surface area (TPSA) is 121 Å². The molecule has 1 N–H and O–H groups in total. The van der Waals surface area contributed by atoms with Gasteiger partial charge in [0.2, 0.25) is 0 Å². The summed E-state index contributed by atoms with van der Waals surface area (Å²) in [6.45, 7) is 1.23. The molecule has 0 atom stereocenters. The van der Waals surface area contributed by atoms with E-state index in [-0.39, 0.29) is 35.1 Å². The van der Waals surface area contributed by atoms with Gasteiger partial charge in [-0.1, -0.05) is 6.07 Å². The molecular formula is C7H6NNaO6S. The van der Waals surface area contributed by atoms with Crippen LogP contribution < -0.4 is 29.6 Å². The molecule has 16 heavy (non-hydrogen) atoms. The molecule has 0 aliphatic carbocycles. The number of phenols is 1. The van der Waals surface area contributed by atoms with Gasteiger partial charge in [0.1, 0.15) is 15.0 Å². The molecule has 0 aromatic heterocycles. The Labute approximate surface area is 113 Å². The summed E-state index contributed by atoms with van der Waals surface area (Å²) in [6, 6.07) is 2.08. The van der Waals surface area contributed by atoms with Crippen molar-refractivity contribution >= 4 is 15.8 Å². The summed E-state index contributed by atoms with van der Waals surface area (Å²) >= 11 is 0. The van der Waals surface area contributed by atoms with Crippen molar-refractivity contribution in [1.29, 1.82) is 0 Å². The van der Waals surface area contributed by atoms with Crippen LogP contribution in [0.3, 0.4) is 0 Å². The summed E-state index contributed by atoms with van der Waals surface area (Å²) < 4.78 is 32.3. The largest absolute Gasteiger partial charge is 1.00 e. The number of nitrogens with zero attached hydrogens (tertiary/aromatic N) is 1. The molecule has 0 aliphatic heterocycles. The van der Waals surface area contributed by atoms with Crippen LogP contribution >= 0.6 is 0 Å². The molecule has 0 bridgehead atoms. The number of phenolic OH excluding ortho intramolecular Hbond substituents is 1. The van der Waals surface area contributed by atoms with Gasteiger partial charge in [-0.05, 0) is 18.6 Å². The van der Waals surface area contributed by atoms with Crippen LogP contribution in [0.15, 0.2) is 17.0 Å². The van der Waals surface area contributed by atoms with Gasteiger partial charge in [0.25, 0.3) is 0 Å². The van der Waals surface area contributed by atoms with Crippen molar-refractivity contribution in [2.75, 3.05) is 0 Å². The van der Waals surface area contributed by atoms with E-state index in [0.29, 0.717) is 0 Å². The molecule has 1 rings (SSSR count). The van der Waals surface area contributed by atoms with Crippen LogP contribution in [0.2, 0.25) is 0 Å². The van der Waals surface area contributed by atoms with Gasteiger partial charge in [0.05, 0.1) is 4.92 Å². The third-order valence-electron chi connectivity index (χ3n) is 1.74. The fourth-order valence-corrected chi connectivity index (χ4v) is 2.03. The van der Waals surface area contributed by atoms with E-state index in [4.69, 9.17) is 5.11 Å². The SMILES string of the molecule is Cc1ccc(O)c([N+](=O)[O-])c1S(=O)(=O)[O-].[Na+]. The summed E-state index contributed by atoms with van der Waals surface area (Å²) in [5.74, 6) is -0.847. The molecule has 1 aromatic rings. The quantitative estimate of drug-likeness (QED) is 0.270. The molecule has 7 nitrogen and oxygen atoms in total. The average molecular weight is 255 g/mol. The Morgan fingerprint density at radius 1 is 1.38 bits per heavy atom. The minimum atomic E-state index is -4.98. The number of hydrogen-bond donors (Lipinski definition) is 1. The Hall–Kier alpha value is -0.670. The summed E-state index contributed by atoms with van der Waals surface area (Å²) in [5.41, 5.74) is -1.15. The predicted molar refractivity (Wildman–Crippen MR) is 47.5 cm³/mol. The molecule has 1 aromatic carbocycles. The molecule has 0 saturated carbocycles. The van der Waals surface area contributed by atoms with Gasteiger partial charge >= 0.3 is 35.2 Å². The summed E-state index contributed by atoms with van der Waals surface area (Å²) in [7, 11) is -4.98. The Morgan fingerprint density at radius 3 is 2.19 bits per heavy atom. The summed E-state index contributed by atoms with van der Waals surface area (Å²) in [4.78, 5) is 8.39. The number of hydrogen-bond acceptors (Lipinski definition) is 6. The maximum absolute atomic E-state index is 10.8. The molecule has 0 saturated heterocycles. The first-order valence-electron chi connectivity index (χ1n) is 3.68. The average Bonchev–Trinajstić information content (AvgIpc) is 2.05. The Morgan fingerprint density at radius 2 is 1.88 bits per heavy atom. The molecule has 0 amide bonds. The van der Waals surface area contributed by atoms with E-state index >= 15 is 0 Å². The number of rotatable bonds is 2. The van der Waals surface area contributed by atoms with Gasteiger partial charge in [-0.25, -0.2) is 8.42 Å². The number of nitro benzene ring substituents is 1. The Kier molecular flexibility index (Phi) is 4.89. The van der Waals surface area contributed by atoms with Crippen LogP contribution in [0, 0.1) is 17.0 Å². The standard InChI is InChI=1S/C7H7NO6S.Na/c1-4-2-3-5(9)6(8(10)11)7(4)15(12,13)14;/h2-3,9H,1H3,(H,12,13,14);/q;+1/p-1. The number of nitro groups is 1. The second-order valence-electron chi connectivity index (χ2n) is 2.79. The maximum atomic E-state index is 10.8. The van der Waals surface area contributed by atoms with E-state index in [1.165, 1.54) is 6.92 Å². The molecule has 0 heterocycles. The van der Waals surface area contributed by atoms with Crippen LogP contribution in [0.1, 0.15) is 5.56 Å². The number of aryl methyl sites for hydroxylation is 1. The summed E-state index contributed by atoms with van der Waals surface area (Å²) in [5, 5.41) is 19.6. The van der Waals surface area contributed by atoms with Crippen LogP contribution in [0.5, 0.6) is 5.75 Å². The van der Waals surface area contributed by atoms with Crippen LogP contribution in [-0.2, 0) is 10.1 Å². The van der Waals surface area contributed by atoms with Crippen LogP contribution in [0.25, 0.3) is 0 Å². The zero-order valence-electron chi connectivity index (χ0n) is 8.50. The fourth-order valence-electron chi connectivity index (χ4n) is 1.15. The van der Waals surface area contributed by atoms with E-state index in [1.54, 1.807) is 0 Å². The molecule has 0 spiro atoms. The van der Waals surface area contributed by atoms with E-state index in [2.05, 4.69) is 0 Å². The number of aromatic hydroxyl groups is 1. The molecule has 9 heteroatoms. The normalized spacial score (nSPS) is 10.6. The van der Waals surface area contributed by atoms with Crippen molar-refractivity contribution in [3.8, 4) is 5.75 Å². The van der Waals surface area contributed by atoms with Crippen molar-refractivity contribution in [3.05, 3.63) is 27.8 Å². The zero-order chi connectivity index (χ0) is 11.8. The van der Waals surface area contributed by atoms with Gasteiger partial charge in [-0.3, -0.25) is 10.1 Å². The van der Waals surface area contributed by atoms with E-state index < -0.39 is 31.4 Å². The molecule has 0 radical (unpaired) electrons. The molecule has 0 fully saturated rings. The van der Waals surface area contributed by atoms with Crippen LogP contribution in [-0.4, -0.2) is 23.0 Å². The molecular weight excluding hydrogens is 249 g/mol. The van der Waals surface area contributed by atoms with Gasteiger partial charge in [-0.2, -0.15) is 0 Å². The van der Waals surface area contributed by atoms with Gasteiger partial charge < -0.3 is 9.66 Å². The van der Waals surface area contributed by atoms with Crippen molar-refractivity contribution in [2.45, 2.75) is 11.8 Å². The van der Waals surface area contributed by atoms with Crippen molar-refractivity contribution in [2.24, 2.45) is 0 Å². The molecule has 0 unspecified atom stereocenters. The Bertz CT molecular complexity index is 526. The van der Waals surface area contributed by atoms with Crippen molar-refractivity contribution in [1.82, 2.24) is 0 Å². The predicted octanol–water partition coefficient (Wildman–Crippen LogP) is -2.48. The number of benzene rings is 1. The Balaban J connectivity index is 0.00000225. The van der Waals surface area contributed by atoms with Crippen molar-refractivity contribution < 1.29 is 52.6 Å². The third-order valence-corrected chi connectivity index (χ3v) is 2.75. The van der Waals surface area contributed by atoms with E-state index in [1.807, 2.05) is 0 Å². The van der Waals surface area contributed by atoms with E-state index in [9.17, 15) is 23.1 Å². The minimum Gasteiger partial charge on any atom is -0.744 e.